The van der Waals surface area contributed by atoms with Gasteiger partial charge in [0.25, 0.3) is 0 Å². The topological polar surface area (TPSA) is 35.8 Å². The minimum atomic E-state index is -0.191. The van der Waals surface area contributed by atoms with Crippen LogP contribution < -0.4 is 5.32 Å². The van der Waals surface area contributed by atoms with E-state index in [1.165, 1.54) is 10.5 Å². The molecule has 0 spiro atoms. The molecule has 1 aromatic rings. The third-order valence-electron chi connectivity index (χ3n) is 3.30. The number of thioether (sulfide) groups is 1. The van der Waals surface area contributed by atoms with Crippen molar-refractivity contribution in [3.63, 3.8) is 0 Å². The van der Waals surface area contributed by atoms with Crippen LogP contribution in [-0.4, -0.2) is 12.3 Å². The molecule has 0 aliphatic heterocycles. The zero-order valence-corrected chi connectivity index (χ0v) is 14.6. The highest BCUT2D eigenvalue weighted by Gasteiger charge is 2.15. The van der Waals surface area contributed by atoms with Crippen LogP contribution in [0.5, 0.6) is 0 Å². The largest absolute Gasteiger partial charge is 0.312 e. The van der Waals surface area contributed by atoms with E-state index in [-0.39, 0.29) is 5.41 Å². The molecule has 0 aliphatic rings. The maximum Gasteiger partial charge on any atom is 0.0683 e. The fourth-order valence-electron chi connectivity index (χ4n) is 2.01. The Balaban J connectivity index is 2.34. The first-order valence-corrected chi connectivity index (χ1v) is 8.75. The van der Waals surface area contributed by atoms with E-state index in [0.29, 0.717) is 5.92 Å². The van der Waals surface area contributed by atoms with E-state index >= 15 is 0 Å². The summed E-state index contributed by atoms with van der Waals surface area (Å²) in [5, 5.41) is 12.5. The number of rotatable bonds is 9. The van der Waals surface area contributed by atoms with Gasteiger partial charge in [-0.05, 0) is 62.6 Å². The predicted octanol–water partition coefficient (Wildman–Crippen LogP) is 4.85. The van der Waals surface area contributed by atoms with Gasteiger partial charge in [-0.25, -0.2) is 0 Å². The third-order valence-corrected chi connectivity index (χ3v) is 4.38. The molecule has 0 unspecified atom stereocenters. The maximum atomic E-state index is 9.00. The molecule has 3 heteroatoms. The van der Waals surface area contributed by atoms with Crippen molar-refractivity contribution < 1.29 is 0 Å². The summed E-state index contributed by atoms with van der Waals surface area (Å²) in [5.74, 6) is 1.76. The van der Waals surface area contributed by atoms with E-state index in [0.717, 1.165) is 31.7 Å². The van der Waals surface area contributed by atoms with Gasteiger partial charge in [0.15, 0.2) is 0 Å². The van der Waals surface area contributed by atoms with E-state index in [1.54, 1.807) is 0 Å². The van der Waals surface area contributed by atoms with Crippen LogP contribution in [0.1, 0.15) is 46.1 Å². The maximum absolute atomic E-state index is 9.00. The second-order valence-electron chi connectivity index (χ2n) is 6.62. The van der Waals surface area contributed by atoms with E-state index in [9.17, 15) is 0 Å². The quantitative estimate of drug-likeness (QED) is 0.523. The molecule has 1 aromatic carbocycles. The summed E-state index contributed by atoms with van der Waals surface area (Å²) in [6, 6.07) is 11.1. The van der Waals surface area contributed by atoms with E-state index in [2.05, 4.69) is 49.5 Å². The van der Waals surface area contributed by atoms with Crippen LogP contribution in [0, 0.1) is 22.7 Å². The Bertz CT molecular complexity index is 461. The summed E-state index contributed by atoms with van der Waals surface area (Å²) in [6.07, 6.45) is 2.05. The van der Waals surface area contributed by atoms with Crippen LogP contribution in [0.3, 0.4) is 0 Å². The molecule has 0 aliphatic carbocycles. The molecule has 0 saturated carbocycles. The molecular weight excluding hydrogens is 276 g/mol. The number of hydrogen-bond donors (Lipinski definition) is 1. The summed E-state index contributed by atoms with van der Waals surface area (Å²) in [4.78, 5) is 1.33. The first-order valence-electron chi connectivity index (χ1n) is 7.76. The zero-order valence-electron chi connectivity index (χ0n) is 13.8. The summed E-state index contributed by atoms with van der Waals surface area (Å²) >= 11 is 1.89. The standard InChI is InChI=1S/C18H28N2S/c1-15(2)12-20-13-16-7-5-8-17(11-16)21-10-6-9-18(3,4)14-19/h5,7-8,11,15,20H,6,9-10,12-13H2,1-4H3. The van der Waals surface area contributed by atoms with Crippen molar-refractivity contribution in [2.24, 2.45) is 11.3 Å². The highest BCUT2D eigenvalue weighted by Crippen LogP contribution is 2.25. The van der Waals surface area contributed by atoms with Crippen LogP contribution in [0.25, 0.3) is 0 Å². The molecule has 0 bridgehead atoms. The fraction of sp³-hybridized carbons (Fsp3) is 0.611. The van der Waals surface area contributed by atoms with Crippen molar-refractivity contribution in [2.75, 3.05) is 12.3 Å². The summed E-state index contributed by atoms with van der Waals surface area (Å²) in [7, 11) is 0. The Morgan fingerprint density at radius 2 is 2.10 bits per heavy atom. The summed E-state index contributed by atoms with van der Waals surface area (Å²) < 4.78 is 0. The lowest BCUT2D eigenvalue weighted by atomic mass is 9.90. The van der Waals surface area contributed by atoms with Gasteiger partial charge in [0.1, 0.15) is 0 Å². The van der Waals surface area contributed by atoms with Crippen molar-refractivity contribution in [2.45, 2.75) is 52.0 Å². The SMILES string of the molecule is CC(C)CNCc1cccc(SCCCC(C)(C)C#N)c1. The first kappa shape index (κ1) is 18.1. The lowest BCUT2D eigenvalue weighted by Gasteiger charge is -2.14. The number of hydrogen-bond acceptors (Lipinski definition) is 3. The average molecular weight is 305 g/mol. The van der Waals surface area contributed by atoms with E-state index in [4.69, 9.17) is 5.26 Å². The second-order valence-corrected chi connectivity index (χ2v) is 7.79. The molecule has 116 valence electrons. The van der Waals surface area contributed by atoms with Crippen molar-refractivity contribution in [1.82, 2.24) is 5.32 Å². The van der Waals surface area contributed by atoms with Crippen molar-refractivity contribution in [3.05, 3.63) is 29.8 Å². The van der Waals surface area contributed by atoms with Crippen LogP contribution in [-0.2, 0) is 6.54 Å². The van der Waals surface area contributed by atoms with Gasteiger partial charge in [-0.2, -0.15) is 5.26 Å². The van der Waals surface area contributed by atoms with Crippen molar-refractivity contribution in [1.29, 1.82) is 5.26 Å². The first-order chi connectivity index (χ1) is 9.93. The summed E-state index contributed by atoms with van der Waals surface area (Å²) in [6.45, 7) is 10.5. The molecule has 0 radical (unpaired) electrons. The summed E-state index contributed by atoms with van der Waals surface area (Å²) in [5.41, 5.74) is 1.15. The lowest BCUT2D eigenvalue weighted by molar-refractivity contribution is 0.448. The normalized spacial score (nSPS) is 11.6. The Morgan fingerprint density at radius 3 is 2.76 bits per heavy atom. The molecule has 21 heavy (non-hydrogen) atoms. The minimum Gasteiger partial charge on any atom is -0.312 e. The van der Waals surface area contributed by atoms with Crippen LogP contribution in [0.15, 0.2) is 29.2 Å². The molecule has 1 N–H and O–H groups in total. The highest BCUT2D eigenvalue weighted by molar-refractivity contribution is 7.99. The molecular formula is C18H28N2S. The van der Waals surface area contributed by atoms with Crippen molar-refractivity contribution >= 4 is 11.8 Å². The fourth-order valence-corrected chi connectivity index (χ4v) is 2.94. The van der Waals surface area contributed by atoms with Gasteiger partial charge in [-0.1, -0.05) is 26.0 Å². The molecule has 1 rings (SSSR count). The number of benzene rings is 1. The molecule has 0 aromatic heterocycles. The smallest absolute Gasteiger partial charge is 0.0683 e. The monoisotopic (exact) mass is 304 g/mol. The zero-order chi connectivity index (χ0) is 15.7. The van der Waals surface area contributed by atoms with Gasteiger partial charge >= 0.3 is 0 Å². The Morgan fingerprint density at radius 1 is 1.33 bits per heavy atom. The van der Waals surface area contributed by atoms with E-state index < -0.39 is 0 Å². The molecule has 0 amide bonds. The number of nitrogens with zero attached hydrogens (tertiary/aromatic N) is 1. The molecule has 0 atom stereocenters. The predicted molar refractivity (Wildman–Crippen MR) is 92.3 cm³/mol. The van der Waals surface area contributed by atoms with Gasteiger partial charge in [-0.3, -0.25) is 0 Å². The van der Waals surface area contributed by atoms with Gasteiger partial charge in [0, 0.05) is 11.4 Å². The minimum absolute atomic E-state index is 0.191. The van der Waals surface area contributed by atoms with Crippen LogP contribution >= 0.6 is 11.8 Å². The van der Waals surface area contributed by atoms with Gasteiger partial charge in [0.2, 0.25) is 0 Å². The molecule has 0 saturated heterocycles. The van der Waals surface area contributed by atoms with Crippen LogP contribution in [0.2, 0.25) is 0 Å². The van der Waals surface area contributed by atoms with E-state index in [1.807, 2.05) is 25.6 Å². The van der Waals surface area contributed by atoms with Gasteiger partial charge < -0.3 is 5.32 Å². The van der Waals surface area contributed by atoms with Crippen molar-refractivity contribution in [3.8, 4) is 6.07 Å². The molecule has 0 heterocycles. The average Bonchev–Trinajstić information content (AvgIpc) is 2.44. The number of nitriles is 1. The Kier molecular flexibility index (Phi) is 7.85. The number of nitrogens with one attached hydrogen (secondary N) is 1. The Labute approximate surface area is 134 Å². The molecule has 2 nitrogen and oxygen atoms in total. The Hall–Kier alpha value is -0.980. The van der Waals surface area contributed by atoms with Gasteiger partial charge in [0.05, 0.1) is 11.5 Å². The highest BCUT2D eigenvalue weighted by atomic mass is 32.2. The van der Waals surface area contributed by atoms with Crippen LogP contribution in [0.4, 0.5) is 0 Å². The lowest BCUT2D eigenvalue weighted by Crippen LogP contribution is -2.18. The second kappa shape index (κ2) is 9.12. The molecule has 0 fully saturated rings. The van der Waals surface area contributed by atoms with Gasteiger partial charge in [-0.15, -0.1) is 11.8 Å². The third kappa shape index (κ3) is 8.14.